The zero-order valence-electron chi connectivity index (χ0n) is 17.1. The molecule has 160 valence electrons. The molecule has 3 rings (SSSR count). The van der Waals surface area contributed by atoms with E-state index >= 15 is 0 Å². The molecule has 8 heteroatoms. The number of carbonyl (C=O) groups is 2. The van der Waals surface area contributed by atoms with Crippen molar-refractivity contribution in [3.8, 4) is 5.75 Å². The molecule has 0 spiro atoms. The number of ether oxygens (including phenoxy) is 3. The number of nitrogens with one attached hydrogen (secondary N) is 1. The number of anilines is 2. The molecule has 1 saturated heterocycles. The average Bonchev–Trinajstić information content (AvgIpc) is 2.77. The molecule has 1 aliphatic rings. The number of methoxy groups -OCH3 is 1. The summed E-state index contributed by atoms with van der Waals surface area (Å²) in [4.78, 5) is 27.5. The van der Waals surface area contributed by atoms with Gasteiger partial charge in [-0.05, 0) is 58.7 Å². The van der Waals surface area contributed by atoms with Crippen LogP contribution < -0.4 is 15.0 Å². The van der Waals surface area contributed by atoms with Gasteiger partial charge >= 0.3 is 5.97 Å². The smallest absolute Gasteiger partial charge is 0.340 e. The van der Waals surface area contributed by atoms with E-state index < -0.39 is 5.97 Å². The number of morpholine rings is 1. The van der Waals surface area contributed by atoms with E-state index in [1.165, 1.54) is 0 Å². The fourth-order valence-electron chi connectivity index (χ4n) is 3.14. The highest BCUT2D eigenvalue weighted by Gasteiger charge is 2.21. The standard InChI is InChI=1S/C22H25BrN2O5/c1-3-10-30-22(27)17-14-16(5-6-19(17)25-8-11-29-12-9-25)24-21(26)15-4-7-20(28-2)18(23)13-15/h4-7,13-14H,3,8-12H2,1-2H3,(H,24,26). The summed E-state index contributed by atoms with van der Waals surface area (Å²) in [6.07, 6.45) is 0.738. The van der Waals surface area contributed by atoms with Gasteiger partial charge in [0, 0.05) is 24.3 Å². The number of hydrogen-bond acceptors (Lipinski definition) is 6. The molecule has 0 saturated carbocycles. The molecule has 7 nitrogen and oxygen atoms in total. The number of halogens is 1. The van der Waals surface area contributed by atoms with Crippen molar-refractivity contribution in [2.75, 3.05) is 50.2 Å². The van der Waals surface area contributed by atoms with Gasteiger partial charge in [-0.25, -0.2) is 4.79 Å². The number of nitrogens with zero attached hydrogens (tertiary/aromatic N) is 1. The summed E-state index contributed by atoms with van der Waals surface area (Å²) in [6.45, 7) is 4.89. The summed E-state index contributed by atoms with van der Waals surface area (Å²) in [7, 11) is 1.56. The van der Waals surface area contributed by atoms with Gasteiger partial charge in [0.1, 0.15) is 5.75 Å². The summed E-state index contributed by atoms with van der Waals surface area (Å²) < 4.78 is 16.7. The maximum Gasteiger partial charge on any atom is 0.340 e. The SMILES string of the molecule is CCCOC(=O)c1cc(NC(=O)c2ccc(OC)c(Br)c2)ccc1N1CCOCC1. The van der Waals surface area contributed by atoms with Crippen LogP contribution in [0.25, 0.3) is 0 Å². The van der Waals surface area contributed by atoms with Gasteiger partial charge in [-0.15, -0.1) is 0 Å². The lowest BCUT2D eigenvalue weighted by atomic mass is 10.1. The van der Waals surface area contributed by atoms with Crippen molar-refractivity contribution in [1.29, 1.82) is 0 Å². The van der Waals surface area contributed by atoms with Crippen LogP contribution in [0.4, 0.5) is 11.4 Å². The first kappa shape index (κ1) is 22.1. The second-order valence-corrected chi connectivity index (χ2v) is 7.63. The molecule has 2 aromatic rings. The Morgan fingerprint density at radius 2 is 1.93 bits per heavy atom. The van der Waals surface area contributed by atoms with Crippen LogP contribution in [0.2, 0.25) is 0 Å². The normalized spacial score (nSPS) is 13.6. The third kappa shape index (κ3) is 5.31. The van der Waals surface area contributed by atoms with Gasteiger partial charge in [0.2, 0.25) is 0 Å². The minimum Gasteiger partial charge on any atom is -0.496 e. The number of esters is 1. The zero-order chi connectivity index (χ0) is 21.5. The van der Waals surface area contributed by atoms with E-state index in [2.05, 4.69) is 26.1 Å². The highest BCUT2D eigenvalue weighted by Crippen LogP contribution is 2.28. The van der Waals surface area contributed by atoms with Gasteiger partial charge in [0.25, 0.3) is 5.91 Å². The number of hydrogen-bond donors (Lipinski definition) is 1. The van der Waals surface area contributed by atoms with E-state index in [0.717, 1.165) is 12.1 Å². The maximum absolute atomic E-state index is 12.7. The Morgan fingerprint density at radius 3 is 2.60 bits per heavy atom. The van der Waals surface area contributed by atoms with E-state index in [0.29, 0.717) is 59.9 Å². The topological polar surface area (TPSA) is 77.1 Å². The van der Waals surface area contributed by atoms with Crippen LogP contribution in [0.3, 0.4) is 0 Å². The Hall–Kier alpha value is -2.58. The Balaban J connectivity index is 1.84. The fraction of sp³-hybridized carbons (Fsp3) is 0.364. The Bertz CT molecular complexity index is 912. The monoisotopic (exact) mass is 476 g/mol. The van der Waals surface area contributed by atoms with Gasteiger partial charge in [-0.2, -0.15) is 0 Å². The van der Waals surface area contributed by atoms with Crippen molar-refractivity contribution < 1.29 is 23.8 Å². The fourth-order valence-corrected chi connectivity index (χ4v) is 3.68. The number of carbonyl (C=O) groups excluding carboxylic acids is 2. The molecule has 30 heavy (non-hydrogen) atoms. The third-order valence-corrected chi connectivity index (χ3v) is 5.30. The predicted molar refractivity (Wildman–Crippen MR) is 119 cm³/mol. The first-order valence-electron chi connectivity index (χ1n) is 9.82. The molecule has 0 unspecified atom stereocenters. The second-order valence-electron chi connectivity index (χ2n) is 6.77. The van der Waals surface area contributed by atoms with Crippen molar-refractivity contribution in [1.82, 2.24) is 0 Å². The van der Waals surface area contributed by atoms with Crippen LogP contribution in [0.5, 0.6) is 5.75 Å². The molecule has 0 atom stereocenters. The van der Waals surface area contributed by atoms with E-state index in [9.17, 15) is 9.59 Å². The maximum atomic E-state index is 12.7. The summed E-state index contributed by atoms with van der Waals surface area (Å²) in [5.41, 5.74) is 2.20. The number of benzene rings is 2. The summed E-state index contributed by atoms with van der Waals surface area (Å²) >= 11 is 3.39. The quantitative estimate of drug-likeness (QED) is 0.605. The predicted octanol–water partition coefficient (Wildman–Crippen LogP) is 4.11. The van der Waals surface area contributed by atoms with E-state index in [1.807, 2.05) is 13.0 Å². The Kier molecular flexibility index (Phi) is 7.70. The molecular formula is C22H25BrN2O5. The second kappa shape index (κ2) is 10.4. The molecule has 1 aliphatic heterocycles. The van der Waals surface area contributed by atoms with Gasteiger partial charge in [0.15, 0.2) is 0 Å². The molecule has 0 bridgehead atoms. The van der Waals surface area contributed by atoms with E-state index in [1.54, 1.807) is 37.4 Å². The highest BCUT2D eigenvalue weighted by molar-refractivity contribution is 9.10. The van der Waals surface area contributed by atoms with Crippen molar-refractivity contribution in [2.45, 2.75) is 13.3 Å². The molecule has 1 fully saturated rings. The Labute approximate surface area is 184 Å². The lowest BCUT2D eigenvalue weighted by Crippen LogP contribution is -2.37. The first-order valence-corrected chi connectivity index (χ1v) is 10.6. The average molecular weight is 477 g/mol. The van der Waals surface area contributed by atoms with Crippen molar-refractivity contribution in [3.63, 3.8) is 0 Å². The zero-order valence-corrected chi connectivity index (χ0v) is 18.7. The minimum atomic E-state index is -0.401. The Morgan fingerprint density at radius 1 is 1.17 bits per heavy atom. The largest absolute Gasteiger partial charge is 0.496 e. The lowest BCUT2D eigenvalue weighted by molar-refractivity contribution is 0.0504. The van der Waals surface area contributed by atoms with Gasteiger partial charge in [0.05, 0.1) is 42.7 Å². The van der Waals surface area contributed by atoms with E-state index in [-0.39, 0.29) is 5.91 Å². The lowest BCUT2D eigenvalue weighted by Gasteiger charge is -2.30. The number of rotatable bonds is 7. The molecule has 0 aliphatic carbocycles. The van der Waals surface area contributed by atoms with Crippen molar-refractivity contribution >= 4 is 39.2 Å². The van der Waals surface area contributed by atoms with Gasteiger partial charge < -0.3 is 24.4 Å². The van der Waals surface area contributed by atoms with Crippen LogP contribution in [-0.2, 0) is 9.47 Å². The van der Waals surface area contributed by atoms with Crippen LogP contribution in [0.15, 0.2) is 40.9 Å². The summed E-state index contributed by atoms with van der Waals surface area (Å²) in [6, 6.07) is 10.4. The molecule has 1 heterocycles. The first-order chi connectivity index (χ1) is 14.5. The van der Waals surface area contributed by atoms with Crippen LogP contribution in [0, 0.1) is 0 Å². The summed E-state index contributed by atoms with van der Waals surface area (Å²) in [5.74, 6) is -0.0469. The minimum absolute atomic E-state index is 0.287. The van der Waals surface area contributed by atoms with Gasteiger partial charge in [-0.1, -0.05) is 6.92 Å². The van der Waals surface area contributed by atoms with E-state index in [4.69, 9.17) is 14.2 Å². The summed E-state index contributed by atoms with van der Waals surface area (Å²) in [5, 5.41) is 2.85. The number of amides is 1. The van der Waals surface area contributed by atoms with Crippen LogP contribution >= 0.6 is 15.9 Å². The van der Waals surface area contributed by atoms with Crippen LogP contribution in [0.1, 0.15) is 34.1 Å². The van der Waals surface area contributed by atoms with Crippen molar-refractivity contribution in [2.24, 2.45) is 0 Å². The molecule has 0 aromatic heterocycles. The molecule has 1 N–H and O–H groups in total. The van der Waals surface area contributed by atoms with Crippen LogP contribution in [-0.4, -0.2) is 51.9 Å². The van der Waals surface area contributed by atoms with Crippen molar-refractivity contribution in [3.05, 3.63) is 52.0 Å². The molecular weight excluding hydrogens is 452 g/mol. The third-order valence-electron chi connectivity index (χ3n) is 4.68. The highest BCUT2D eigenvalue weighted by atomic mass is 79.9. The van der Waals surface area contributed by atoms with Gasteiger partial charge in [-0.3, -0.25) is 4.79 Å². The molecule has 0 radical (unpaired) electrons. The molecule has 2 aromatic carbocycles. The molecule has 1 amide bonds.